The molecule has 0 amide bonds. The van der Waals surface area contributed by atoms with E-state index in [1.54, 1.807) is 0 Å². The molecule has 0 aliphatic carbocycles. The van der Waals surface area contributed by atoms with Crippen molar-refractivity contribution in [3.8, 4) is 0 Å². The summed E-state index contributed by atoms with van der Waals surface area (Å²) in [6.07, 6.45) is 0.516. The molecule has 0 aromatic carbocycles. The number of ether oxygens (including phenoxy) is 4. The van der Waals surface area contributed by atoms with Crippen molar-refractivity contribution >= 4 is 23.5 Å². The number of hydrogen-bond donors (Lipinski definition) is 1. The summed E-state index contributed by atoms with van der Waals surface area (Å²) in [6.45, 7) is 8.03. The van der Waals surface area contributed by atoms with Crippen LogP contribution in [0.5, 0.6) is 0 Å². The van der Waals surface area contributed by atoms with Crippen molar-refractivity contribution in [2.75, 3.05) is 18.1 Å². The highest BCUT2D eigenvalue weighted by Gasteiger charge is 2.52. The smallest absolute Gasteiger partial charge is 0.164 e. The van der Waals surface area contributed by atoms with Gasteiger partial charge < -0.3 is 24.1 Å². The predicted octanol–water partition coefficient (Wildman–Crippen LogP) is 2.61. The molecule has 1 N–H and O–H groups in total. The second kappa shape index (κ2) is 7.02. The molecule has 23 heavy (non-hydrogen) atoms. The Morgan fingerprint density at radius 3 is 2.35 bits per heavy atom. The van der Waals surface area contributed by atoms with Crippen molar-refractivity contribution in [3.05, 3.63) is 0 Å². The number of hydrogen-bond acceptors (Lipinski definition) is 7. The zero-order valence-corrected chi connectivity index (χ0v) is 16.0. The molecule has 3 heterocycles. The first-order valence-electron chi connectivity index (χ1n) is 8.34. The minimum atomic E-state index is -0.709. The van der Waals surface area contributed by atoms with Gasteiger partial charge in [0.25, 0.3) is 0 Å². The molecule has 3 aliphatic heterocycles. The number of rotatable bonds is 4. The molecule has 4 atom stereocenters. The van der Waals surface area contributed by atoms with Crippen LogP contribution in [0.2, 0.25) is 0 Å². The Morgan fingerprint density at radius 2 is 1.74 bits per heavy atom. The standard InChI is InChI=1S/C16H28O5S2/c1-15(2)18-9-11(19-15)14-13(20-16(3,4)21-14)10(17)8-12-22-6-5-7-23-12/h10-14,17H,5-9H2,1-4H3/t10-,11-,13-,14-/m1/s1. The molecule has 3 saturated heterocycles. The van der Waals surface area contributed by atoms with E-state index in [-0.39, 0.29) is 18.3 Å². The Labute approximate surface area is 147 Å². The normalized spacial score (nSPS) is 38.7. The third-order valence-corrected chi connectivity index (χ3v) is 7.26. The fourth-order valence-electron chi connectivity index (χ4n) is 3.28. The van der Waals surface area contributed by atoms with Crippen LogP contribution in [0.25, 0.3) is 0 Å². The lowest BCUT2D eigenvalue weighted by Crippen LogP contribution is -2.44. The first-order chi connectivity index (χ1) is 10.8. The maximum Gasteiger partial charge on any atom is 0.164 e. The Kier molecular flexibility index (Phi) is 5.58. The first-order valence-corrected chi connectivity index (χ1v) is 10.4. The topological polar surface area (TPSA) is 57.2 Å². The lowest BCUT2D eigenvalue weighted by atomic mass is 10.0. The van der Waals surface area contributed by atoms with Gasteiger partial charge in [0.05, 0.1) is 17.3 Å². The second-order valence-corrected chi connectivity index (χ2v) is 10.2. The van der Waals surface area contributed by atoms with Crippen LogP contribution in [0.3, 0.4) is 0 Å². The average Bonchev–Trinajstić information content (AvgIpc) is 2.99. The number of aliphatic hydroxyl groups is 1. The summed E-state index contributed by atoms with van der Waals surface area (Å²) in [5.41, 5.74) is 0. The Balaban J connectivity index is 1.65. The molecular formula is C16H28O5S2. The predicted molar refractivity (Wildman–Crippen MR) is 92.7 cm³/mol. The summed E-state index contributed by atoms with van der Waals surface area (Å²) >= 11 is 3.87. The van der Waals surface area contributed by atoms with E-state index in [0.29, 0.717) is 17.6 Å². The fourth-order valence-corrected chi connectivity index (χ4v) is 6.24. The zero-order valence-electron chi connectivity index (χ0n) is 14.3. The summed E-state index contributed by atoms with van der Waals surface area (Å²) in [5.74, 6) is 1.04. The minimum absolute atomic E-state index is 0.210. The van der Waals surface area contributed by atoms with E-state index < -0.39 is 17.7 Å². The molecule has 0 unspecified atom stereocenters. The molecule has 7 heteroatoms. The van der Waals surface area contributed by atoms with Crippen LogP contribution >= 0.6 is 23.5 Å². The van der Waals surface area contributed by atoms with Crippen LogP contribution in [0.15, 0.2) is 0 Å². The fraction of sp³-hybridized carbons (Fsp3) is 1.00. The van der Waals surface area contributed by atoms with E-state index in [9.17, 15) is 5.11 Å². The van der Waals surface area contributed by atoms with Crippen LogP contribution in [0, 0.1) is 0 Å². The molecule has 3 fully saturated rings. The molecule has 3 aliphatic rings. The minimum Gasteiger partial charge on any atom is -0.390 e. The molecule has 0 aromatic rings. The molecule has 0 aromatic heterocycles. The molecule has 3 rings (SSSR count). The van der Waals surface area contributed by atoms with E-state index in [1.165, 1.54) is 17.9 Å². The van der Waals surface area contributed by atoms with Gasteiger partial charge in [-0.2, -0.15) is 0 Å². The van der Waals surface area contributed by atoms with Crippen molar-refractivity contribution in [3.63, 3.8) is 0 Å². The highest BCUT2D eigenvalue weighted by atomic mass is 32.2. The van der Waals surface area contributed by atoms with Crippen molar-refractivity contribution in [2.45, 2.75) is 81.1 Å². The van der Waals surface area contributed by atoms with E-state index in [2.05, 4.69) is 0 Å². The van der Waals surface area contributed by atoms with Crippen molar-refractivity contribution < 1.29 is 24.1 Å². The van der Waals surface area contributed by atoms with Crippen LogP contribution < -0.4 is 0 Å². The van der Waals surface area contributed by atoms with Gasteiger partial charge in [0.1, 0.15) is 18.3 Å². The maximum absolute atomic E-state index is 10.8. The third kappa shape index (κ3) is 4.57. The third-order valence-electron chi connectivity index (χ3n) is 4.27. The average molecular weight is 365 g/mol. The lowest BCUT2D eigenvalue weighted by Gasteiger charge is -2.29. The number of thioether (sulfide) groups is 2. The molecule has 134 valence electrons. The molecular weight excluding hydrogens is 336 g/mol. The van der Waals surface area contributed by atoms with Crippen LogP contribution in [0.4, 0.5) is 0 Å². The zero-order chi connectivity index (χ0) is 16.7. The van der Waals surface area contributed by atoms with Gasteiger partial charge in [-0.25, -0.2) is 0 Å². The highest BCUT2D eigenvalue weighted by molar-refractivity contribution is 8.17. The summed E-state index contributed by atoms with van der Waals surface area (Å²) in [4.78, 5) is 0. The lowest BCUT2D eigenvalue weighted by molar-refractivity contribution is -0.175. The van der Waals surface area contributed by atoms with Gasteiger partial charge in [0.15, 0.2) is 11.6 Å². The molecule has 0 radical (unpaired) electrons. The quantitative estimate of drug-likeness (QED) is 0.823. The van der Waals surface area contributed by atoms with E-state index in [4.69, 9.17) is 18.9 Å². The number of aliphatic hydroxyl groups excluding tert-OH is 1. The van der Waals surface area contributed by atoms with E-state index in [0.717, 1.165) is 0 Å². The van der Waals surface area contributed by atoms with Gasteiger partial charge >= 0.3 is 0 Å². The van der Waals surface area contributed by atoms with Gasteiger partial charge in [0.2, 0.25) is 0 Å². The Bertz CT molecular complexity index is 411. The summed E-state index contributed by atoms with van der Waals surface area (Å²) < 4.78 is 24.1. The summed E-state index contributed by atoms with van der Waals surface area (Å²) in [5, 5.41) is 10.8. The van der Waals surface area contributed by atoms with Gasteiger partial charge in [-0.1, -0.05) is 0 Å². The van der Waals surface area contributed by atoms with Crippen LogP contribution in [0.1, 0.15) is 40.5 Å². The van der Waals surface area contributed by atoms with Crippen molar-refractivity contribution in [1.82, 2.24) is 0 Å². The van der Waals surface area contributed by atoms with Crippen molar-refractivity contribution in [2.24, 2.45) is 0 Å². The molecule has 5 nitrogen and oxygen atoms in total. The van der Waals surface area contributed by atoms with Crippen LogP contribution in [-0.4, -0.2) is 63.8 Å². The van der Waals surface area contributed by atoms with Crippen LogP contribution in [-0.2, 0) is 18.9 Å². The first kappa shape index (κ1) is 18.3. The molecule has 0 saturated carbocycles. The van der Waals surface area contributed by atoms with Gasteiger partial charge in [-0.3, -0.25) is 0 Å². The summed E-state index contributed by atoms with van der Waals surface area (Å²) in [6, 6.07) is 0. The van der Waals surface area contributed by atoms with E-state index >= 15 is 0 Å². The molecule has 0 spiro atoms. The maximum atomic E-state index is 10.8. The van der Waals surface area contributed by atoms with Gasteiger partial charge in [0, 0.05) is 0 Å². The van der Waals surface area contributed by atoms with E-state index in [1.807, 2.05) is 51.2 Å². The largest absolute Gasteiger partial charge is 0.390 e. The van der Waals surface area contributed by atoms with Crippen molar-refractivity contribution in [1.29, 1.82) is 0 Å². The Hall–Kier alpha value is 0.500. The van der Waals surface area contributed by atoms with Gasteiger partial charge in [-0.15, -0.1) is 23.5 Å². The monoisotopic (exact) mass is 364 g/mol. The second-order valence-electron chi connectivity index (χ2n) is 7.26. The van der Waals surface area contributed by atoms with Gasteiger partial charge in [-0.05, 0) is 52.0 Å². The summed E-state index contributed by atoms with van der Waals surface area (Å²) in [7, 11) is 0. The molecule has 0 bridgehead atoms. The SMILES string of the molecule is CC1(C)O[C@H]([C@H](O)CC2SCCCS2)[C@@H]([C@H]2COC(C)(C)O2)O1. The highest BCUT2D eigenvalue weighted by Crippen LogP contribution is 2.40. The Morgan fingerprint density at radius 1 is 1.04 bits per heavy atom.